The fourth-order valence-electron chi connectivity index (χ4n) is 4.38. The van der Waals surface area contributed by atoms with Crippen LogP contribution in [-0.2, 0) is 10.2 Å². The highest BCUT2D eigenvalue weighted by atomic mass is 16.5. The topological polar surface area (TPSA) is 41.6 Å². The lowest BCUT2D eigenvalue weighted by atomic mass is 9.87. The minimum atomic E-state index is -0.480. The Kier molecular flexibility index (Phi) is 6.46. The van der Waals surface area contributed by atoms with Crippen LogP contribution in [0.4, 0.5) is 0 Å². The fraction of sp³-hybridized carbons (Fsp3) is 0.696. The van der Waals surface area contributed by atoms with Gasteiger partial charge in [0.1, 0.15) is 5.75 Å². The second-order valence-electron chi connectivity index (χ2n) is 9.24. The summed E-state index contributed by atoms with van der Waals surface area (Å²) >= 11 is 0. The van der Waals surface area contributed by atoms with Crippen molar-refractivity contribution < 1.29 is 9.53 Å². The van der Waals surface area contributed by atoms with Crippen LogP contribution in [0.5, 0.6) is 5.75 Å². The van der Waals surface area contributed by atoms with E-state index in [4.69, 9.17) is 4.74 Å². The Morgan fingerprint density at radius 1 is 1.07 bits per heavy atom. The lowest BCUT2D eigenvalue weighted by Gasteiger charge is -2.38. The molecule has 27 heavy (non-hydrogen) atoms. The predicted molar refractivity (Wildman–Crippen MR) is 110 cm³/mol. The molecule has 1 amide bonds. The van der Waals surface area contributed by atoms with Gasteiger partial charge in [0, 0.05) is 12.1 Å². The highest BCUT2D eigenvalue weighted by molar-refractivity contribution is 5.81. The van der Waals surface area contributed by atoms with Crippen molar-refractivity contribution in [3.63, 3.8) is 0 Å². The van der Waals surface area contributed by atoms with Crippen molar-refractivity contribution in [3.8, 4) is 5.75 Å². The van der Waals surface area contributed by atoms with E-state index in [1.807, 2.05) is 19.1 Å². The molecule has 2 aliphatic rings. The molecular weight excluding hydrogens is 336 g/mol. The van der Waals surface area contributed by atoms with Gasteiger partial charge < -0.3 is 10.1 Å². The molecule has 0 spiro atoms. The van der Waals surface area contributed by atoms with E-state index >= 15 is 0 Å². The molecule has 1 saturated heterocycles. The Labute approximate surface area is 164 Å². The minimum Gasteiger partial charge on any atom is -0.481 e. The van der Waals surface area contributed by atoms with Crippen molar-refractivity contribution in [2.24, 2.45) is 0 Å². The van der Waals surface area contributed by atoms with Crippen molar-refractivity contribution in [1.82, 2.24) is 10.2 Å². The van der Waals surface area contributed by atoms with Crippen LogP contribution in [-0.4, -0.2) is 42.1 Å². The predicted octanol–water partition coefficient (Wildman–Crippen LogP) is 4.27. The zero-order valence-corrected chi connectivity index (χ0v) is 17.5. The number of carbonyl (C=O) groups excluding carboxylic acids is 1. The van der Waals surface area contributed by atoms with Gasteiger partial charge in [0.15, 0.2) is 6.10 Å². The summed E-state index contributed by atoms with van der Waals surface area (Å²) in [5.74, 6) is 0.761. The molecule has 0 radical (unpaired) electrons. The van der Waals surface area contributed by atoms with E-state index in [9.17, 15) is 4.79 Å². The number of ether oxygens (including phenoxy) is 1. The Morgan fingerprint density at radius 3 is 2.33 bits per heavy atom. The van der Waals surface area contributed by atoms with E-state index in [-0.39, 0.29) is 17.4 Å². The molecule has 1 aliphatic carbocycles. The monoisotopic (exact) mass is 372 g/mol. The summed E-state index contributed by atoms with van der Waals surface area (Å²) in [7, 11) is 0. The number of carbonyl (C=O) groups is 1. The zero-order chi connectivity index (χ0) is 19.4. The number of rotatable bonds is 5. The highest BCUT2D eigenvalue weighted by Crippen LogP contribution is 2.27. The Balaban J connectivity index is 1.56. The van der Waals surface area contributed by atoms with E-state index in [1.165, 1.54) is 50.8 Å². The first-order chi connectivity index (χ1) is 12.8. The molecule has 1 aromatic carbocycles. The van der Waals surface area contributed by atoms with Crippen LogP contribution >= 0.6 is 0 Å². The van der Waals surface area contributed by atoms with Gasteiger partial charge in [0.25, 0.3) is 5.91 Å². The van der Waals surface area contributed by atoms with Crippen LogP contribution in [0.25, 0.3) is 0 Å². The molecule has 1 aliphatic heterocycles. The van der Waals surface area contributed by atoms with E-state index in [0.29, 0.717) is 6.04 Å². The zero-order valence-electron chi connectivity index (χ0n) is 17.5. The first kappa shape index (κ1) is 20.2. The van der Waals surface area contributed by atoms with Gasteiger partial charge in [0.05, 0.1) is 0 Å². The second-order valence-corrected chi connectivity index (χ2v) is 9.24. The summed E-state index contributed by atoms with van der Waals surface area (Å²) in [4.78, 5) is 15.3. The van der Waals surface area contributed by atoms with Gasteiger partial charge in [0.2, 0.25) is 0 Å². The maximum absolute atomic E-state index is 12.7. The van der Waals surface area contributed by atoms with Crippen LogP contribution in [0.2, 0.25) is 0 Å². The highest BCUT2D eigenvalue weighted by Gasteiger charge is 2.33. The number of nitrogens with zero attached hydrogens (tertiary/aromatic N) is 1. The molecule has 0 bridgehead atoms. The quantitative estimate of drug-likeness (QED) is 0.839. The summed E-state index contributed by atoms with van der Waals surface area (Å²) in [5.41, 5.74) is 1.38. The standard InChI is InChI=1S/C23H36N2O2/c1-17(27-19-13-11-18(12-14-19)23(2,3)4)22(26)24-20-9-5-6-10-21(20)25-15-7-8-16-25/h11-14,17,20-21H,5-10,15-16H2,1-4H3,(H,24,26). The molecule has 1 N–H and O–H groups in total. The molecule has 150 valence electrons. The van der Waals surface area contributed by atoms with Gasteiger partial charge in [-0.05, 0) is 68.8 Å². The normalized spacial score (nSPS) is 25.2. The third-order valence-corrected chi connectivity index (χ3v) is 6.07. The van der Waals surface area contributed by atoms with Crippen LogP contribution < -0.4 is 10.1 Å². The van der Waals surface area contributed by atoms with Crippen molar-refractivity contribution in [1.29, 1.82) is 0 Å². The Morgan fingerprint density at radius 2 is 1.70 bits per heavy atom. The summed E-state index contributed by atoms with van der Waals surface area (Å²) in [5, 5.41) is 3.30. The van der Waals surface area contributed by atoms with Gasteiger partial charge in [-0.25, -0.2) is 0 Å². The van der Waals surface area contributed by atoms with E-state index in [2.05, 4.69) is 43.1 Å². The Bertz CT molecular complexity index is 614. The molecule has 4 nitrogen and oxygen atoms in total. The van der Waals surface area contributed by atoms with Gasteiger partial charge in [-0.1, -0.05) is 45.7 Å². The van der Waals surface area contributed by atoms with Crippen molar-refractivity contribution in [2.75, 3.05) is 13.1 Å². The fourth-order valence-corrected chi connectivity index (χ4v) is 4.38. The molecular formula is C23H36N2O2. The molecule has 1 aromatic rings. The number of benzene rings is 1. The van der Waals surface area contributed by atoms with Crippen LogP contribution in [0, 0.1) is 0 Å². The average Bonchev–Trinajstić information content (AvgIpc) is 3.16. The summed E-state index contributed by atoms with van der Waals surface area (Å²) in [6, 6.07) is 8.88. The van der Waals surface area contributed by atoms with Gasteiger partial charge in [-0.3, -0.25) is 9.69 Å². The largest absolute Gasteiger partial charge is 0.481 e. The van der Waals surface area contributed by atoms with Crippen LogP contribution in [0.1, 0.15) is 71.8 Å². The maximum atomic E-state index is 12.7. The van der Waals surface area contributed by atoms with Crippen LogP contribution in [0.15, 0.2) is 24.3 Å². The Hall–Kier alpha value is -1.55. The molecule has 0 aromatic heterocycles. The number of nitrogens with one attached hydrogen (secondary N) is 1. The summed E-state index contributed by atoms with van der Waals surface area (Å²) in [6.07, 6.45) is 6.88. The van der Waals surface area contributed by atoms with Gasteiger partial charge in [-0.15, -0.1) is 0 Å². The third kappa shape index (κ3) is 5.25. The average molecular weight is 373 g/mol. The first-order valence-corrected chi connectivity index (χ1v) is 10.7. The molecule has 3 unspecified atom stereocenters. The number of likely N-dealkylation sites (tertiary alicyclic amines) is 1. The molecule has 4 heteroatoms. The van der Waals surface area contributed by atoms with Crippen molar-refractivity contribution in [2.45, 2.75) is 89.8 Å². The smallest absolute Gasteiger partial charge is 0.261 e. The number of amides is 1. The van der Waals surface area contributed by atoms with Crippen molar-refractivity contribution >= 4 is 5.91 Å². The number of hydrogen-bond donors (Lipinski definition) is 1. The summed E-state index contributed by atoms with van der Waals surface area (Å²) < 4.78 is 5.92. The molecule has 3 rings (SSSR count). The lowest BCUT2D eigenvalue weighted by molar-refractivity contribution is -0.128. The number of hydrogen-bond acceptors (Lipinski definition) is 3. The molecule has 3 atom stereocenters. The molecule has 1 saturated carbocycles. The minimum absolute atomic E-state index is 0.00555. The van der Waals surface area contributed by atoms with E-state index in [1.54, 1.807) is 0 Å². The lowest BCUT2D eigenvalue weighted by Crippen LogP contribution is -2.54. The molecule has 2 fully saturated rings. The summed E-state index contributed by atoms with van der Waals surface area (Å²) in [6.45, 7) is 10.8. The third-order valence-electron chi connectivity index (χ3n) is 6.07. The van der Waals surface area contributed by atoms with E-state index in [0.717, 1.165) is 12.2 Å². The van der Waals surface area contributed by atoms with Gasteiger partial charge >= 0.3 is 0 Å². The SMILES string of the molecule is CC(Oc1ccc(C(C)(C)C)cc1)C(=O)NC1CCCCC1N1CCCC1. The maximum Gasteiger partial charge on any atom is 0.261 e. The van der Waals surface area contributed by atoms with E-state index < -0.39 is 6.10 Å². The van der Waals surface area contributed by atoms with Crippen molar-refractivity contribution in [3.05, 3.63) is 29.8 Å². The van der Waals surface area contributed by atoms with Crippen LogP contribution in [0.3, 0.4) is 0 Å². The molecule has 1 heterocycles. The van der Waals surface area contributed by atoms with Gasteiger partial charge in [-0.2, -0.15) is 0 Å². The first-order valence-electron chi connectivity index (χ1n) is 10.7. The second kappa shape index (κ2) is 8.64.